The summed E-state index contributed by atoms with van der Waals surface area (Å²) in [6.45, 7) is 5.69. The Balaban J connectivity index is 1.37. The molecule has 1 saturated heterocycles. The van der Waals surface area contributed by atoms with Crippen molar-refractivity contribution >= 4 is 28.9 Å². The molecule has 0 saturated carbocycles. The van der Waals surface area contributed by atoms with Gasteiger partial charge in [0.05, 0.1) is 24.5 Å². The van der Waals surface area contributed by atoms with E-state index in [1.54, 1.807) is 12.1 Å². The summed E-state index contributed by atoms with van der Waals surface area (Å²) in [6.07, 6.45) is -2.12. The van der Waals surface area contributed by atoms with Gasteiger partial charge in [-0.25, -0.2) is 19.3 Å². The number of nitrogens with two attached hydrogens (primary N) is 1. The van der Waals surface area contributed by atoms with Gasteiger partial charge in [0.25, 0.3) is 0 Å². The van der Waals surface area contributed by atoms with E-state index < -0.39 is 17.8 Å². The van der Waals surface area contributed by atoms with Gasteiger partial charge in [0.15, 0.2) is 5.82 Å². The Morgan fingerprint density at radius 3 is 2.55 bits per heavy atom. The minimum absolute atomic E-state index is 0.215. The van der Waals surface area contributed by atoms with E-state index in [-0.39, 0.29) is 5.82 Å². The van der Waals surface area contributed by atoms with Crippen LogP contribution in [-0.2, 0) is 17.5 Å². The molecule has 4 N–H and O–H groups in total. The average molecular weight is 527 g/mol. The summed E-state index contributed by atoms with van der Waals surface area (Å²) < 4.78 is 46.0. The zero-order valence-electron chi connectivity index (χ0n) is 20.4. The molecule has 0 bridgehead atoms. The zero-order valence-corrected chi connectivity index (χ0v) is 20.4. The highest BCUT2D eigenvalue weighted by Crippen LogP contribution is 2.36. The molecular formula is C25H25F3N8O2. The number of urea groups is 1. The maximum absolute atomic E-state index is 12.9. The number of fused-ring (bicyclic) bond motifs is 1. The second-order valence-electron chi connectivity index (χ2n) is 8.82. The number of nitrogens with one attached hydrogen (secondary N) is 2. The number of carbonyl (C=O) groups is 1. The van der Waals surface area contributed by atoms with Gasteiger partial charge in [-0.1, -0.05) is 12.1 Å². The summed E-state index contributed by atoms with van der Waals surface area (Å²) in [6, 6.07) is 7.92. The fourth-order valence-corrected chi connectivity index (χ4v) is 4.47. The van der Waals surface area contributed by atoms with Crippen LogP contribution >= 0.6 is 0 Å². The van der Waals surface area contributed by atoms with Crippen LogP contribution in [0.25, 0.3) is 16.6 Å². The van der Waals surface area contributed by atoms with Crippen LogP contribution in [0.3, 0.4) is 0 Å². The van der Waals surface area contributed by atoms with Crippen LogP contribution in [0, 0.1) is 6.92 Å². The van der Waals surface area contributed by atoms with E-state index in [1.807, 2.05) is 23.6 Å². The molecule has 0 aliphatic carbocycles. The van der Waals surface area contributed by atoms with Crippen LogP contribution in [0.15, 0.2) is 48.9 Å². The fraction of sp³-hybridized carbons (Fsp3) is 0.280. The zero-order chi connectivity index (χ0) is 26.9. The lowest BCUT2D eigenvalue weighted by Gasteiger charge is -2.26. The Kier molecular flexibility index (Phi) is 6.87. The molecule has 38 heavy (non-hydrogen) atoms. The molecule has 2 amide bonds. The Morgan fingerprint density at radius 1 is 1.11 bits per heavy atom. The predicted molar refractivity (Wildman–Crippen MR) is 136 cm³/mol. The van der Waals surface area contributed by atoms with Gasteiger partial charge < -0.3 is 15.8 Å². The maximum Gasteiger partial charge on any atom is 0.416 e. The number of benzene rings is 1. The summed E-state index contributed by atoms with van der Waals surface area (Å²) in [5, 5.41) is 9.39. The van der Waals surface area contributed by atoms with Crippen LogP contribution in [0.2, 0.25) is 0 Å². The first-order chi connectivity index (χ1) is 18.2. The summed E-state index contributed by atoms with van der Waals surface area (Å²) in [5.74, 6) is 0.134. The van der Waals surface area contributed by atoms with Gasteiger partial charge >= 0.3 is 12.2 Å². The maximum atomic E-state index is 12.9. The Hall–Kier alpha value is -4.23. The molecular weight excluding hydrogens is 501 g/mol. The molecule has 1 aliphatic heterocycles. The monoisotopic (exact) mass is 526 g/mol. The minimum atomic E-state index is -4.54. The average Bonchev–Trinajstić information content (AvgIpc) is 3.17. The molecule has 13 heteroatoms. The normalized spacial score (nSPS) is 14.5. The van der Waals surface area contributed by atoms with E-state index in [9.17, 15) is 18.0 Å². The van der Waals surface area contributed by atoms with E-state index in [0.29, 0.717) is 36.8 Å². The molecule has 3 aromatic heterocycles. The SMILES string of the molecule is Cc1c(-c2ccc(NC(=O)Nc3cc(C(F)(F)F)ccn3)cc2)c2c(N)ncnn2c1CN1CCOCC1. The number of ether oxygens (including phenoxy) is 1. The molecule has 1 fully saturated rings. The minimum Gasteiger partial charge on any atom is -0.382 e. The van der Waals surface area contributed by atoms with Crippen LogP contribution in [0.1, 0.15) is 16.8 Å². The molecule has 0 radical (unpaired) electrons. The first-order valence-electron chi connectivity index (χ1n) is 11.8. The molecule has 1 aromatic carbocycles. The summed E-state index contributed by atoms with van der Waals surface area (Å²) in [5.41, 5.74) is 10.2. The van der Waals surface area contributed by atoms with Crippen molar-refractivity contribution in [1.29, 1.82) is 0 Å². The number of rotatable bonds is 5. The van der Waals surface area contributed by atoms with Gasteiger partial charge in [0.1, 0.15) is 17.7 Å². The highest BCUT2D eigenvalue weighted by atomic mass is 19.4. The topological polar surface area (TPSA) is 123 Å². The number of nitrogen functional groups attached to an aromatic ring is 1. The summed E-state index contributed by atoms with van der Waals surface area (Å²) in [7, 11) is 0. The van der Waals surface area contributed by atoms with E-state index >= 15 is 0 Å². The lowest BCUT2D eigenvalue weighted by Crippen LogP contribution is -2.36. The van der Waals surface area contributed by atoms with Crippen molar-refractivity contribution in [3.63, 3.8) is 0 Å². The number of pyridine rings is 1. The van der Waals surface area contributed by atoms with Gasteiger partial charge in [0.2, 0.25) is 0 Å². The largest absolute Gasteiger partial charge is 0.416 e. The number of nitrogens with zero attached hydrogens (tertiary/aromatic N) is 5. The van der Waals surface area contributed by atoms with Crippen molar-refractivity contribution in [3.05, 3.63) is 65.7 Å². The van der Waals surface area contributed by atoms with E-state index in [2.05, 4.69) is 30.6 Å². The van der Waals surface area contributed by atoms with Crippen molar-refractivity contribution in [2.45, 2.75) is 19.6 Å². The quantitative estimate of drug-likeness (QED) is 0.357. The van der Waals surface area contributed by atoms with Crippen LogP contribution in [0.4, 0.5) is 35.3 Å². The summed E-state index contributed by atoms with van der Waals surface area (Å²) in [4.78, 5) is 22.6. The molecule has 0 atom stereocenters. The first kappa shape index (κ1) is 25.4. The van der Waals surface area contributed by atoms with E-state index in [4.69, 9.17) is 10.5 Å². The predicted octanol–water partition coefficient (Wildman–Crippen LogP) is 4.18. The third kappa shape index (κ3) is 5.24. The molecule has 10 nitrogen and oxygen atoms in total. The van der Waals surface area contributed by atoms with Gasteiger partial charge in [-0.15, -0.1) is 0 Å². The smallest absolute Gasteiger partial charge is 0.382 e. The van der Waals surface area contributed by atoms with Crippen LogP contribution < -0.4 is 16.4 Å². The van der Waals surface area contributed by atoms with Crippen molar-refractivity contribution in [2.24, 2.45) is 0 Å². The highest BCUT2D eigenvalue weighted by Gasteiger charge is 2.31. The van der Waals surface area contributed by atoms with Crippen molar-refractivity contribution in [3.8, 4) is 11.1 Å². The lowest BCUT2D eigenvalue weighted by molar-refractivity contribution is -0.137. The number of alkyl halides is 3. The van der Waals surface area contributed by atoms with E-state index in [1.165, 1.54) is 6.33 Å². The molecule has 4 aromatic rings. The molecule has 0 spiro atoms. The third-order valence-electron chi connectivity index (χ3n) is 6.36. The van der Waals surface area contributed by atoms with Crippen molar-refractivity contribution in [1.82, 2.24) is 24.5 Å². The van der Waals surface area contributed by atoms with Gasteiger partial charge in [0, 0.05) is 37.1 Å². The number of halogens is 3. The molecule has 0 unspecified atom stereocenters. The number of hydrogen-bond acceptors (Lipinski definition) is 7. The van der Waals surface area contributed by atoms with Crippen molar-refractivity contribution in [2.75, 3.05) is 42.7 Å². The second-order valence-corrected chi connectivity index (χ2v) is 8.82. The number of morpholine rings is 1. The highest BCUT2D eigenvalue weighted by molar-refractivity contribution is 5.99. The second kappa shape index (κ2) is 10.3. The van der Waals surface area contributed by atoms with Gasteiger partial charge in [-0.2, -0.15) is 18.3 Å². The summed E-state index contributed by atoms with van der Waals surface area (Å²) >= 11 is 0. The Labute approximate surface area is 215 Å². The van der Waals surface area contributed by atoms with Gasteiger partial charge in [-0.05, 0) is 42.3 Å². The number of amides is 2. The van der Waals surface area contributed by atoms with Crippen LogP contribution in [-0.4, -0.2) is 56.8 Å². The lowest BCUT2D eigenvalue weighted by atomic mass is 10.0. The molecule has 4 heterocycles. The fourth-order valence-electron chi connectivity index (χ4n) is 4.47. The van der Waals surface area contributed by atoms with Crippen LogP contribution in [0.5, 0.6) is 0 Å². The number of carbonyl (C=O) groups excluding carboxylic acids is 1. The number of aromatic nitrogens is 4. The third-order valence-corrected chi connectivity index (χ3v) is 6.36. The van der Waals surface area contributed by atoms with Crippen molar-refractivity contribution < 1.29 is 22.7 Å². The molecule has 198 valence electrons. The standard InChI is InChI=1S/C25H25F3N8O2/c1-15-19(13-35-8-10-38-11-9-35)36-22(23(29)31-14-32-36)21(15)16-2-4-18(5-3-16)33-24(37)34-20-12-17(6-7-30-20)25(26,27)28/h2-7,12,14H,8-11,13H2,1H3,(H2,29,31,32)(H2,30,33,34,37). The molecule has 1 aliphatic rings. The van der Waals surface area contributed by atoms with E-state index in [0.717, 1.165) is 53.8 Å². The van der Waals surface area contributed by atoms with Gasteiger partial charge in [-0.3, -0.25) is 10.2 Å². The Bertz CT molecular complexity index is 1460. The number of anilines is 3. The Morgan fingerprint density at radius 2 is 1.84 bits per heavy atom. The first-order valence-corrected chi connectivity index (χ1v) is 11.8. The molecule has 5 rings (SSSR count). The number of hydrogen-bond donors (Lipinski definition) is 3.